The molecule has 0 saturated carbocycles. The zero-order valence-corrected chi connectivity index (χ0v) is 11.2. The third kappa shape index (κ3) is 2.84. The van der Waals surface area contributed by atoms with E-state index >= 15 is 0 Å². The summed E-state index contributed by atoms with van der Waals surface area (Å²) in [6.45, 7) is 0.379. The van der Waals surface area contributed by atoms with Crippen LogP contribution in [0.3, 0.4) is 0 Å². The fraction of sp³-hybridized carbons (Fsp3) is 0.133. The second-order valence-electron chi connectivity index (χ2n) is 4.32. The van der Waals surface area contributed by atoms with E-state index in [4.69, 9.17) is 14.8 Å². The van der Waals surface area contributed by atoms with Gasteiger partial charge in [-0.05, 0) is 24.3 Å². The predicted octanol–water partition coefficient (Wildman–Crippen LogP) is 2.65. The lowest BCUT2D eigenvalue weighted by molar-refractivity contribution is -0.0476. The van der Waals surface area contributed by atoms with Crippen molar-refractivity contribution < 1.29 is 14.8 Å². The third-order valence-corrected chi connectivity index (χ3v) is 3.11. The van der Waals surface area contributed by atoms with E-state index in [2.05, 4.69) is 6.07 Å². The van der Waals surface area contributed by atoms with Crippen LogP contribution in [0.2, 0.25) is 0 Å². The summed E-state index contributed by atoms with van der Waals surface area (Å²) in [4.78, 5) is 5.04. The minimum atomic E-state index is 0. The SMILES string of the molecule is N#Cc1ccccc1Oc1cccc2c1CCON2O.[B]. The van der Waals surface area contributed by atoms with E-state index in [-0.39, 0.29) is 8.41 Å². The number of rotatable bonds is 2. The quantitative estimate of drug-likeness (QED) is 0.856. The number of ether oxygens (including phenoxy) is 1. The van der Waals surface area contributed by atoms with Crippen molar-refractivity contribution in [3.05, 3.63) is 53.6 Å². The van der Waals surface area contributed by atoms with Crippen molar-refractivity contribution in [3.63, 3.8) is 0 Å². The molecule has 0 bridgehead atoms. The van der Waals surface area contributed by atoms with Gasteiger partial charge >= 0.3 is 0 Å². The summed E-state index contributed by atoms with van der Waals surface area (Å²) in [6.07, 6.45) is 0.636. The van der Waals surface area contributed by atoms with Gasteiger partial charge in [0.25, 0.3) is 0 Å². The average Bonchev–Trinajstić information content (AvgIpc) is 2.49. The van der Waals surface area contributed by atoms with Gasteiger partial charge in [-0.25, -0.2) is 4.84 Å². The monoisotopic (exact) mass is 279 g/mol. The van der Waals surface area contributed by atoms with E-state index in [0.29, 0.717) is 35.8 Å². The van der Waals surface area contributed by atoms with Gasteiger partial charge in [-0.1, -0.05) is 18.2 Å². The predicted molar refractivity (Wildman–Crippen MR) is 77.3 cm³/mol. The van der Waals surface area contributed by atoms with E-state index < -0.39 is 0 Å². The summed E-state index contributed by atoms with van der Waals surface area (Å²) in [5.41, 5.74) is 1.88. The standard InChI is InChI=1S/C15H12N2O3.B/c16-10-11-4-1-2-6-14(11)20-15-7-3-5-13-12(15)8-9-19-17(13)18;/h1-7,18H,8-9H2;. The number of benzene rings is 2. The topological polar surface area (TPSA) is 65.7 Å². The number of nitrogens with zero attached hydrogens (tertiary/aromatic N) is 2. The first-order chi connectivity index (χ1) is 9.79. The maximum Gasteiger partial charge on any atom is 0.145 e. The molecule has 0 amide bonds. The van der Waals surface area contributed by atoms with E-state index in [1.165, 1.54) is 0 Å². The van der Waals surface area contributed by atoms with Crippen LogP contribution in [-0.2, 0) is 11.3 Å². The van der Waals surface area contributed by atoms with Crippen molar-refractivity contribution in [3.8, 4) is 17.6 Å². The molecule has 1 aliphatic heterocycles. The summed E-state index contributed by atoms with van der Waals surface area (Å²) in [7, 11) is 0. The molecule has 6 heteroatoms. The molecule has 1 aliphatic rings. The minimum absolute atomic E-state index is 0. The maximum absolute atomic E-state index is 9.66. The Hall–Kier alpha value is -2.49. The summed E-state index contributed by atoms with van der Waals surface area (Å²) in [5.74, 6) is 1.12. The Morgan fingerprint density at radius 1 is 1.14 bits per heavy atom. The van der Waals surface area contributed by atoms with Gasteiger partial charge < -0.3 is 4.74 Å². The van der Waals surface area contributed by atoms with Crippen LogP contribution in [-0.4, -0.2) is 20.2 Å². The number of hydrogen-bond acceptors (Lipinski definition) is 5. The van der Waals surface area contributed by atoms with Gasteiger partial charge in [0.15, 0.2) is 0 Å². The van der Waals surface area contributed by atoms with Crippen molar-refractivity contribution >= 4 is 14.1 Å². The van der Waals surface area contributed by atoms with Crippen molar-refractivity contribution in [1.82, 2.24) is 0 Å². The first kappa shape index (κ1) is 14.9. The highest BCUT2D eigenvalue weighted by atomic mass is 16.9. The lowest BCUT2D eigenvalue weighted by atomic mass is 10.1. The van der Waals surface area contributed by atoms with Crippen LogP contribution in [0.4, 0.5) is 5.69 Å². The summed E-state index contributed by atoms with van der Waals surface area (Å²) < 4.78 is 5.83. The molecule has 1 N–H and O–H groups in total. The van der Waals surface area contributed by atoms with Gasteiger partial charge in [0, 0.05) is 20.4 Å². The molecule has 0 fully saturated rings. The summed E-state index contributed by atoms with van der Waals surface area (Å²) >= 11 is 0. The van der Waals surface area contributed by atoms with Crippen LogP contribution in [0.25, 0.3) is 0 Å². The molecule has 3 radical (unpaired) electrons. The number of nitriles is 1. The molecular formula is C15H12BN2O3. The number of hydrogen-bond donors (Lipinski definition) is 1. The molecule has 0 spiro atoms. The molecule has 21 heavy (non-hydrogen) atoms. The van der Waals surface area contributed by atoms with Gasteiger partial charge in [-0.15, -0.1) is 5.23 Å². The van der Waals surface area contributed by atoms with Gasteiger partial charge in [-0.2, -0.15) is 5.26 Å². The third-order valence-electron chi connectivity index (χ3n) is 3.11. The lowest BCUT2D eigenvalue weighted by Gasteiger charge is -2.25. The van der Waals surface area contributed by atoms with Crippen molar-refractivity contribution in [2.45, 2.75) is 6.42 Å². The smallest absolute Gasteiger partial charge is 0.145 e. The van der Waals surface area contributed by atoms with Crippen molar-refractivity contribution in [2.75, 3.05) is 11.8 Å². The first-order valence-corrected chi connectivity index (χ1v) is 6.20. The Kier molecular flexibility index (Phi) is 4.48. The van der Waals surface area contributed by atoms with Gasteiger partial charge in [0.05, 0.1) is 12.2 Å². The Labute approximate surface area is 124 Å². The molecule has 2 aromatic carbocycles. The van der Waals surface area contributed by atoms with Crippen molar-refractivity contribution in [1.29, 1.82) is 5.26 Å². The molecule has 0 saturated heterocycles. The van der Waals surface area contributed by atoms with E-state index in [9.17, 15) is 5.21 Å². The Morgan fingerprint density at radius 2 is 1.90 bits per heavy atom. The number of anilines is 1. The van der Waals surface area contributed by atoms with Gasteiger partial charge in [-0.3, -0.25) is 5.21 Å². The zero-order chi connectivity index (χ0) is 13.9. The first-order valence-electron chi connectivity index (χ1n) is 6.20. The Morgan fingerprint density at radius 3 is 2.71 bits per heavy atom. The fourth-order valence-corrected chi connectivity index (χ4v) is 2.15. The normalized spacial score (nSPS) is 12.9. The number of para-hydroxylation sites is 1. The van der Waals surface area contributed by atoms with E-state index in [1.807, 2.05) is 12.1 Å². The second kappa shape index (κ2) is 6.31. The zero-order valence-electron chi connectivity index (χ0n) is 11.2. The highest BCUT2D eigenvalue weighted by molar-refractivity contribution is 5.75. The molecule has 5 nitrogen and oxygen atoms in total. The van der Waals surface area contributed by atoms with Crippen LogP contribution in [0, 0.1) is 11.3 Å². The van der Waals surface area contributed by atoms with Gasteiger partial charge in [0.2, 0.25) is 0 Å². The maximum atomic E-state index is 9.66. The lowest BCUT2D eigenvalue weighted by Crippen LogP contribution is -2.26. The van der Waals surface area contributed by atoms with Gasteiger partial charge in [0.1, 0.15) is 23.3 Å². The number of fused-ring (bicyclic) bond motifs is 1. The highest BCUT2D eigenvalue weighted by Crippen LogP contribution is 2.35. The van der Waals surface area contributed by atoms with Crippen LogP contribution < -0.4 is 9.96 Å². The molecule has 3 rings (SSSR count). The molecule has 0 aromatic heterocycles. The molecule has 0 atom stereocenters. The molecular weight excluding hydrogens is 267 g/mol. The summed E-state index contributed by atoms with van der Waals surface area (Å²) in [5, 5.41) is 19.5. The average molecular weight is 279 g/mol. The molecule has 2 aromatic rings. The largest absolute Gasteiger partial charge is 0.456 e. The Balaban J connectivity index is 0.00000161. The van der Waals surface area contributed by atoms with E-state index in [0.717, 1.165) is 10.8 Å². The Bertz CT molecular complexity index is 685. The van der Waals surface area contributed by atoms with Crippen LogP contribution in [0.15, 0.2) is 42.5 Å². The van der Waals surface area contributed by atoms with Crippen LogP contribution in [0.5, 0.6) is 11.5 Å². The van der Waals surface area contributed by atoms with Crippen LogP contribution in [0.1, 0.15) is 11.1 Å². The molecule has 0 aliphatic carbocycles. The molecule has 103 valence electrons. The highest BCUT2D eigenvalue weighted by Gasteiger charge is 2.20. The molecule has 0 unspecified atom stereocenters. The van der Waals surface area contributed by atoms with Crippen molar-refractivity contribution in [2.24, 2.45) is 0 Å². The van der Waals surface area contributed by atoms with E-state index in [1.54, 1.807) is 30.3 Å². The van der Waals surface area contributed by atoms with Crippen LogP contribution >= 0.6 is 0 Å². The second-order valence-corrected chi connectivity index (χ2v) is 4.32. The fourth-order valence-electron chi connectivity index (χ4n) is 2.15. The summed E-state index contributed by atoms with van der Waals surface area (Å²) in [6, 6.07) is 14.5. The molecule has 1 heterocycles. The minimum Gasteiger partial charge on any atom is -0.456 e.